The van der Waals surface area contributed by atoms with Crippen molar-refractivity contribution in [1.82, 2.24) is 0 Å². The zero-order valence-corrected chi connectivity index (χ0v) is 11.8. The lowest BCUT2D eigenvalue weighted by atomic mass is 10.1. The molecule has 0 aromatic heterocycles. The van der Waals surface area contributed by atoms with Crippen LogP contribution >= 0.6 is 11.8 Å². The summed E-state index contributed by atoms with van der Waals surface area (Å²) in [6, 6.07) is 3.45. The standard InChI is InChI=1S/C14H16O4S/c1-17-12-6-9(7-13(18-2)14(12)16)5-11-8-10(15)3-4-19-11/h5-7,16H,3-4,8H2,1-2H3/b11-5+. The highest BCUT2D eigenvalue weighted by atomic mass is 32.2. The number of rotatable bonds is 3. The fourth-order valence-corrected chi connectivity index (χ4v) is 2.98. The van der Waals surface area contributed by atoms with Gasteiger partial charge < -0.3 is 14.6 Å². The number of aromatic hydroxyl groups is 1. The second kappa shape index (κ2) is 6.02. The molecule has 1 fully saturated rings. The van der Waals surface area contributed by atoms with Crippen LogP contribution in [0.15, 0.2) is 17.0 Å². The van der Waals surface area contributed by atoms with E-state index in [-0.39, 0.29) is 11.5 Å². The normalized spacial score (nSPS) is 17.6. The average Bonchev–Trinajstić information content (AvgIpc) is 2.40. The van der Waals surface area contributed by atoms with Crippen molar-refractivity contribution in [3.05, 3.63) is 22.6 Å². The summed E-state index contributed by atoms with van der Waals surface area (Å²) in [6.07, 6.45) is 3.06. The van der Waals surface area contributed by atoms with Crippen molar-refractivity contribution in [2.45, 2.75) is 12.8 Å². The van der Waals surface area contributed by atoms with Gasteiger partial charge in [-0.15, -0.1) is 11.8 Å². The van der Waals surface area contributed by atoms with Gasteiger partial charge in [0.25, 0.3) is 0 Å². The van der Waals surface area contributed by atoms with Crippen molar-refractivity contribution in [3.8, 4) is 17.2 Å². The summed E-state index contributed by atoms with van der Waals surface area (Å²) < 4.78 is 10.2. The Morgan fingerprint density at radius 1 is 1.26 bits per heavy atom. The number of hydrogen-bond acceptors (Lipinski definition) is 5. The highest BCUT2D eigenvalue weighted by Crippen LogP contribution is 2.38. The van der Waals surface area contributed by atoms with E-state index in [9.17, 15) is 9.90 Å². The van der Waals surface area contributed by atoms with E-state index in [0.717, 1.165) is 16.2 Å². The van der Waals surface area contributed by atoms with E-state index in [2.05, 4.69) is 0 Å². The van der Waals surface area contributed by atoms with Crippen LogP contribution in [0.4, 0.5) is 0 Å². The number of carbonyl (C=O) groups excluding carboxylic acids is 1. The minimum Gasteiger partial charge on any atom is -0.502 e. The topological polar surface area (TPSA) is 55.8 Å². The lowest BCUT2D eigenvalue weighted by molar-refractivity contribution is -0.118. The molecular formula is C14H16O4S. The van der Waals surface area contributed by atoms with Crippen molar-refractivity contribution < 1.29 is 19.4 Å². The molecule has 1 saturated heterocycles. The Balaban J connectivity index is 2.34. The molecule has 4 nitrogen and oxygen atoms in total. The maximum Gasteiger partial charge on any atom is 0.200 e. The summed E-state index contributed by atoms with van der Waals surface area (Å²) in [6.45, 7) is 0. The molecule has 0 unspecified atom stereocenters. The Labute approximate surface area is 116 Å². The van der Waals surface area contributed by atoms with E-state index in [1.165, 1.54) is 14.2 Å². The van der Waals surface area contributed by atoms with Gasteiger partial charge in [0.2, 0.25) is 5.75 Å². The van der Waals surface area contributed by atoms with Crippen molar-refractivity contribution in [2.75, 3.05) is 20.0 Å². The summed E-state index contributed by atoms with van der Waals surface area (Å²) in [5, 5.41) is 9.83. The molecule has 0 amide bonds. The van der Waals surface area contributed by atoms with Gasteiger partial charge in [0, 0.05) is 18.6 Å². The quantitative estimate of drug-likeness (QED) is 0.922. The number of phenolic OH excluding ortho intramolecular Hbond substituents is 1. The third-order valence-corrected chi connectivity index (χ3v) is 3.91. The largest absolute Gasteiger partial charge is 0.502 e. The van der Waals surface area contributed by atoms with Crippen molar-refractivity contribution in [3.63, 3.8) is 0 Å². The maximum absolute atomic E-state index is 11.4. The first kappa shape index (κ1) is 13.8. The number of allylic oxidation sites excluding steroid dienone is 1. The highest BCUT2D eigenvalue weighted by molar-refractivity contribution is 8.03. The molecule has 1 heterocycles. The average molecular weight is 280 g/mol. The minimum atomic E-state index is -0.0143. The third kappa shape index (κ3) is 3.23. The van der Waals surface area contributed by atoms with Crippen LogP contribution in [0.2, 0.25) is 0 Å². The smallest absolute Gasteiger partial charge is 0.200 e. The van der Waals surface area contributed by atoms with Crippen LogP contribution in [0.5, 0.6) is 17.2 Å². The molecule has 0 atom stereocenters. The van der Waals surface area contributed by atoms with Crippen molar-refractivity contribution in [2.24, 2.45) is 0 Å². The van der Waals surface area contributed by atoms with E-state index in [4.69, 9.17) is 9.47 Å². The Kier molecular flexibility index (Phi) is 4.37. The predicted molar refractivity (Wildman–Crippen MR) is 75.9 cm³/mol. The fraction of sp³-hybridized carbons (Fsp3) is 0.357. The van der Waals surface area contributed by atoms with Gasteiger partial charge in [-0.3, -0.25) is 4.79 Å². The van der Waals surface area contributed by atoms with E-state index >= 15 is 0 Å². The van der Waals surface area contributed by atoms with Crippen LogP contribution < -0.4 is 9.47 Å². The first-order valence-electron chi connectivity index (χ1n) is 5.94. The zero-order valence-electron chi connectivity index (χ0n) is 10.9. The first-order valence-corrected chi connectivity index (χ1v) is 6.92. The van der Waals surface area contributed by atoms with Crippen LogP contribution in [0, 0.1) is 0 Å². The molecule has 1 N–H and O–H groups in total. The molecule has 0 saturated carbocycles. The molecule has 0 spiro atoms. The Morgan fingerprint density at radius 3 is 2.42 bits per heavy atom. The summed E-state index contributed by atoms with van der Waals surface area (Å²) in [4.78, 5) is 12.5. The molecule has 102 valence electrons. The number of phenols is 1. The molecule has 1 aromatic rings. The fourth-order valence-electron chi connectivity index (χ4n) is 1.91. The summed E-state index contributed by atoms with van der Waals surface area (Å²) >= 11 is 1.69. The van der Waals surface area contributed by atoms with Gasteiger partial charge >= 0.3 is 0 Å². The molecule has 5 heteroatoms. The minimum absolute atomic E-state index is 0.0143. The number of Topliss-reactive ketones (excluding diaryl/α,β-unsaturated/α-hetero) is 1. The van der Waals surface area contributed by atoms with Gasteiger partial charge in [-0.25, -0.2) is 0 Å². The maximum atomic E-state index is 11.4. The Bertz CT molecular complexity index is 497. The highest BCUT2D eigenvalue weighted by Gasteiger charge is 2.15. The second-order valence-electron chi connectivity index (χ2n) is 4.20. The van der Waals surface area contributed by atoms with Crippen LogP contribution in [-0.2, 0) is 4.79 Å². The SMILES string of the molecule is COc1cc(/C=C2\CC(=O)CCS2)cc(OC)c1O. The van der Waals surface area contributed by atoms with Crippen LogP contribution in [0.25, 0.3) is 6.08 Å². The molecule has 0 radical (unpaired) electrons. The number of hydrogen-bond donors (Lipinski definition) is 1. The van der Waals surface area contributed by atoms with Gasteiger partial charge in [-0.05, 0) is 28.7 Å². The van der Waals surface area contributed by atoms with Crippen molar-refractivity contribution >= 4 is 23.6 Å². The summed E-state index contributed by atoms with van der Waals surface area (Å²) in [7, 11) is 2.98. The number of thioether (sulfide) groups is 1. The number of benzene rings is 1. The van der Waals surface area contributed by atoms with Gasteiger partial charge in [0.15, 0.2) is 11.5 Å². The molecule has 1 aliphatic rings. The lowest BCUT2D eigenvalue weighted by Gasteiger charge is -2.13. The molecule has 0 aliphatic carbocycles. The number of methoxy groups -OCH3 is 2. The van der Waals surface area contributed by atoms with Crippen LogP contribution in [0.1, 0.15) is 18.4 Å². The number of ketones is 1. The third-order valence-electron chi connectivity index (χ3n) is 2.87. The molecule has 1 aliphatic heterocycles. The Hall–Kier alpha value is -1.62. The van der Waals surface area contributed by atoms with E-state index in [0.29, 0.717) is 24.3 Å². The van der Waals surface area contributed by atoms with Crippen LogP contribution in [-0.4, -0.2) is 30.9 Å². The van der Waals surface area contributed by atoms with E-state index in [1.807, 2.05) is 6.08 Å². The second-order valence-corrected chi connectivity index (χ2v) is 5.42. The summed E-state index contributed by atoms with van der Waals surface area (Å²) in [5.74, 6) is 1.80. The molecular weight excluding hydrogens is 264 g/mol. The van der Waals surface area contributed by atoms with E-state index < -0.39 is 0 Å². The van der Waals surface area contributed by atoms with Gasteiger partial charge in [-0.2, -0.15) is 0 Å². The van der Waals surface area contributed by atoms with Gasteiger partial charge in [-0.1, -0.05) is 0 Å². The molecule has 19 heavy (non-hydrogen) atoms. The lowest BCUT2D eigenvalue weighted by Crippen LogP contribution is -2.06. The predicted octanol–water partition coefficient (Wildman–Crippen LogP) is 2.85. The number of ether oxygens (including phenoxy) is 2. The van der Waals surface area contributed by atoms with Crippen molar-refractivity contribution in [1.29, 1.82) is 0 Å². The zero-order chi connectivity index (χ0) is 13.8. The monoisotopic (exact) mass is 280 g/mol. The van der Waals surface area contributed by atoms with E-state index in [1.54, 1.807) is 23.9 Å². The van der Waals surface area contributed by atoms with Crippen LogP contribution in [0.3, 0.4) is 0 Å². The molecule has 0 bridgehead atoms. The Morgan fingerprint density at radius 2 is 1.89 bits per heavy atom. The first-order chi connectivity index (χ1) is 9.13. The summed E-state index contributed by atoms with van der Waals surface area (Å²) in [5.41, 5.74) is 0.851. The number of carbonyl (C=O) groups is 1. The van der Waals surface area contributed by atoms with Gasteiger partial charge in [0.1, 0.15) is 5.78 Å². The molecule has 2 rings (SSSR count). The molecule has 1 aromatic carbocycles. The van der Waals surface area contributed by atoms with Gasteiger partial charge in [0.05, 0.1) is 14.2 Å².